The number of carbonyl (C=O) groups is 2. The van der Waals surface area contributed by atoms with Crippen molar-refractivity contribution < 1.29 is 14.3 Å². The molecule has 0 aliphatic carbocycles. The number of amides is 2. The van der Waals surface area contributed by atoms with Gasteiger partial charge < -0.3 is 14.5 Å². The fourth-order valence-electron chi connectivity index (χ4n) is 3.26. The van der Waals surface area contributed by atoms with E-state index in [1.165, 1.54) is 0 Å². The van der Waals surface area contributed by atoms with Gasteiger partial charge in [-0.05, 0) is 18.1 Å². The number of benzene rings is 1. The highest BCUT2D eigenvalue weighted by Gasteiger charge is 2.30. The van der Waals surface area contributed by atoms with E-state index in [4.69, 9.17) is 4.74 Å². The van der Waals surface area contributed by atoms with Gasteiger partial charge in [0, 0.05) is 44.2 Å². The van der Waals surface area contributed by atoms with Crippen molar-refractivity contribution in [3.8, 4) is 5.75 Å². The maximum atomic E-state index is 12.5. The summed E-state index contributed by atoms with van der Waals surface area (Å²) < 4.78 is 5.34. The van der Waals surface area contributed by atoms with Crippen LogP contribution in [-0.2, 0) is 16.0 Å². The van der Waals surface area contributed by atoms with Crippen LogP contribution in [0.15, 0.2) is 24.3 Å². The number of aryl methyl sites for hydroxylation is 1. The fourth-order valence-corrected chi connectivity index (χ4v) is 4.19. The van der Waals surface area contributed by atoms with Gasteiger partial charge in [-0.1, -0.05) is 18.2 Å². The lowest BCUT2D eigenvalue weighted by Gasteiger charge is -2.36. The van der Waals surface area contributed by atoms with Crippen molar-refractivity contribution >= 4 is 23.6 Å². The van der Waals surface area contributed by atoms with Gasteiger partial charge in [-0.3, -0.25) is 14.9 Å². The number of piperazine rings is 1. The molecule has 2 aliphatic heterocycles. The second-order valence-corrected chi connectivity index (χ2v) is 7.32. The molecule has 0 bridgehead atoms. The van der Waals surface area contributed by atoms with E-state index in [1.54, 1.807) is 18.9 Å². The van der Waals surface area contributed by atoms with Crippen LogP contribution < -0.4 is 10.1 Å². The highest BCUT2D eigenvalue weighted by atomic mass is 32.2. The minimum atomic E-state index is -0.0576. The fraction of sp³-hybridized carbons (Fsp3) is 0.556. The minimum Gasteiger partial charge on any atom is -0.496 e. The molecule has 1 N–H and O–H groups in total. The van der Waals surface area contributed by atoms with Gasteiger partial charge in [0.25, 0.3) is 0 Å². The first kappa shape index (κ1) is 18.1. The highest BCUT2D eigenvalue weighted by molar-refractivity contribution is 7.99. The minimum absolute atomic E-state index is 0.0576. The summed E-state index contributed by atoms with van der Waals surface area (Å²) in [5.74, 6) is 2.83. The molecule has 136 valence electrons. The summed E-state index contributed by atoms with van der Waals surface area (Å²) in [5, 5.41) is 3.22. The molecule has 2 fully saturated rings. The Hall–Kier alpha value is -1.73. The number of nitrogens with zero attached hydrogens (tertiary/aromatic N) is 2. The van der Waals surface area contributed by atoms with E-state index in [0.717, 1.165) is 22.9 Å². The third kappa shape index (κ3) is 4.46. The van der Waals surface area contributed by atoms with E-state index < -0.39 is 0 Å². The van der Waals surface area contributed by atoms with E-state index >= 15 is 0 Å². The van der Waals surface area contributed by atoms with Crippen molar-refractivity contribution in [2.75, 3.05) is 44.9 Å². The zero-order chi connectivity index (χ0) is 17.6. The number of para-hydroxylation sites is 1. The molecule has 2 amide bonds. The molecule has 0 aromatic heterocycles. The second kappa shape index (κ2) is 8.58. The van der Waals surface area contributed by atoms with Crippen LogP contribution in [0.25, 0.3) is 0 Å². The molecule has 2 aliphatic rings. The second-order valence-electron chi connectivity index (χ2n) is 6.29. The molecule has 1 aromatic rings. The Morgan fingerprint density at radius 3 is 2.60 bits per heavy atom. The van der Waals surface area contributed by atoms with Crippen molar-refractivity contribution in [3.63, 3.8) is 0 Å². The van der Waals surface area contributed by atoms with Gasteiger partial charge in [-0.25, -0.2) is 0 Å². The van der Waals surface area contributed by atoms with Gasteiger partial charge in [0.1, 0.15) is 5.75 Å². The summed E-state index contributed by atoms with van der Waals surface area (Å²) in [7, 11) is 1.65. The van der Waals surface area contributed by atoms with Crippen molar-refractivity contribution in [3.05, 3.63) is 29.8 Å². The highest BCUT2D eigenvalue weighted by Crippen LogP contribution is 2.19. The first-order valence-electron chi connectivity index (χ1n) is 8.68. The van der Waals surface area contributed by atoms with Crippen LogP contribution in [0.4, 0.5) is 0 Å². The SMILES string of the molecule is COc1ccccc1CCC(=O)N1CCN(C(=O)C2CSCN2)CC1. The molecule has 25 heavy (non-hydrogen) atoms. The standard InChI is InChI=1S/C18H25N3O3S/c1-24-16-5-3-2-4-14(16)6-7-17(22)20-8-10-21(11-9-20)18(23)15-12-25-13-19-15/h2-5,15,19H,6-13H2,1H3. The third-order valence-corrected chi connectivity index (χ3v) is 5.70. The summed E-state index contributed by atoms with van der Waals surface area (Å²) in [5.41, 5.74) is 1.05. The zero-order valence-electron chi connectivity index (χ0n) is 14.6. The Labute approximate surface area is 152 Å². The normalized spacial score (nSPS) is 20.6. The molecular formula is C18H25N3O3S. The number of carbonyl (C=O) groups excluding carboxylic acids is 2. The van der Waals surface area contributed by atoms with Gasteiger partial charge in [-0.2, -0.15) is 0 Å². The van der Waals surface area contributed by atoms with Crippen molar-refractivity contribution in [1.29, 1.82) is 0 Å². The summed E-state index contributed by atoms with van der Waals surface area (Å²) >= 11 is 1.75. The number of nitrogens with one attached hydrogen (secondary N) is 1. The topological polar surface area (TPSA) is 61.9 Å². The van der Waals surface area contributed by atoms with Gasteiger partial charge in [-0.15, -0.1) is 11.8 Å². The molecule has 6 nitrogen and oxygen atoms in total. The van der Waals surface area contributed by atoms with Crippen molar-refractivity contribution in [2.24, 2.45) is 0 Å². The smallest absolute Gasteiger partial charge is 0.240 e. The first-order chi connectivity index (χ1) is 12.2. The number of methoxy groups -OCH3 is 1. The molecular weight excluding hydrogens is 338 g/mol. The van der Waals surface area contributed by atoms with Gasteiger partial charge in [0.05, 0.1) is 13.2 Å². The monoisotopic (exact) mass is 363 g/mol. The summed E-state index contributed by atoms with van der Waals surface area (Å²) in [4.78, 5) is 28.6. The Balaban J connectivity index is 1.46. The van der Waals surface area contributed by atoms with Gasteiger partial charge in [0.15, 0.2) is 0 Å². The molecule has 3 rings (SSSR count). The lowest BCUT2D eigenvalue weighted by Crippen LogP contribution is -2.54. The molecule has 2 saturated heterocycles. The Morgan fingerprint density at radius 1 is 1.20 bits per heavy atom. The van der Waals surface area contributed by atoms with Crippen LogP contribution in [0.5, 0.6) is 5.75 Å². The van der Waals surface area contributed by atoms with Crippen LogP contribution in [0.1, 0.15) is 12.0 Å². The van der Waals surface area contributed by atoms with E-state index in [0.29, 0.717) is 39.0 Å². The van der Waals surface area contributed by atoms with Crippen LogP contribution in [0.3, 0.4) is 0 Å². The summed E-state index contributed by atoms with van der Waals surface area (Å²) in [6, 6.07) is 7.74. The summed E-state index contributed by atoms with van der Waals surface area (Å²) in [6.45, 7) is 2.50. The van der Waals surface area contributed by atoms with Crippen LogP contribution >= 0.6 is 11.8 Å². The van der Waals surface area contributed by atoms with Crippen molar-refractivity contribution in [2.45, 2.75) is 18.9 Å². The predicted octanol–water partition coefficient (Wildman–Crippen LogP) is 0.961. The van der Waals surface area contributed by atoms with E-state index in [1.807, 2.05) is 34.1 Å². The largest absolute Gasteiger partial charge is 0.496 e. The maximum absolute atomic E-state index is 12.5. The molecule has 1 atom stereocenters. The molecule has 7 heteroatoms. The number of hydrogen-bond acceptors (Lipinski definition) is 5. The Morgan fingerprint density at radius 2 is 1.92 bits per heavy atom. The number of ether oxygens (including phenoxy) is 1. The maximum Gasteiger partial charge on any atom is 0.240 e. The Kier molecular flexibility index (Phi) is 6.20. The lowest BCUT2D eigenvalue weighted by atomic mass is 10.1. The van der Waals surface area contributed by atoms with E-state index in [9.17, 15) is 9.59 Å². The van der Waals surface area contributed by atoms with Crippen molar-refractivity contribution in [1.82, 2.24) is 15.1 Å². The molecule has 0 saturated carbocycles. The molecule has 0 spiro atoms. The molecule has 2 heterocycles. The predicted molar refractivity (Wildman–Crippen MR) is 98.7 cm³/mol. The first-order valence-corrected chi connectivity index (χ1v) is 9.84. The molecule has 1 unspecified atom stereocenters. The number of rotatable bonds is 5. The third-order valence-electron chi connectivity index (χ3n) is 4.76. The molecule has 0 radical (unpaired) electrons. The van der Waals surface area contributed by atoms with Gasteiger partial charge in [0.2, 0.25) is 11.8 Å². The van der Waals surface area contributed by atoms with Gasteiger partial charge >= 0.3 is 0 Å². The lowest BCUT2D eigenvalue weighted by molar-refractivity contribution is -0.140. The number of hydrogen-bond donors (Lipinski definition) is 1. The van der Waals surface area contributed by atoms with E-state index in [2.05, 4.69) is 5.32 Å². The quantitative estimate of drug-likeness (QED) is 0.844. The van der Waals surface area contributed by atoms with Crippen LogP contribution in [-0.4, -0.2) is 72.6 Å². The van der Waals surface area contributed by atoms with Crippen LogP contribution in [0.2, 0.25) is 0 Å². The zero-order valence-corrected chi connectivity index (χ0v) is 15.4. The van der Waals surface area contributed by atoms with Crippen LogP contribution in [0, 0.1) is 0 Å². The summed E-state index contributed by atoms with van der Waals surface area (Å²) in [6.07, 6.45) is 1.14. The Bertz CT molecular complexity index is 611. The average Bonchev–Trinajstić information content (AvgIpc) is 3.20. The number of thioether (sulfide) groups is 1. The van der Waals surface area contributed by atoms with E-state index in [-0.39, 0.29) is 17.9 Å². The molecule has 1 aromatic carbocycles. The average molecular weight is 363 g/mol.